The van der Waals surface area contributed by atoms with E-state index in [2.05, 4.69) is 39.9 Å². The van der Waals surface area contributed by atoms with Crippen LogP contribution < -0.4 is 0 Å². The van der Waals surface area contributed by atoms with Crippen LogP contribution in [0.15, 0.2) is 11.8 Å². The topological polar surface area (TPSA) is 29.5 Å². The molecule has 0 aromatic carbocycles. The van der Waals surface area contributed by atoms with Crippen molar-refractivity contribution in [3.8, 4) is 0 Å². The first kappa shape index (κ1) is 13.8. The number of allylic oxidation sites excluding steroid dienone is 1. The summed E-state index contributed by atoms with van der Waals surface area (Å²) in [6, 6.07) is 0. The Morgan fingerprint density at radius 3 is 2.67 bits per heavy atom. The van der Waals surface area contributed by atoms with Gasteiger partial charge >= 0.3 is 0 Å². The SMILES string of the molecule is CC(C)(C)[Si](C)(C)O[C@H]1CC(=O)N2CCCC=C12. The van der Waals surface area contributed by atoms with Crippen LogP contribution in [0.25, 0.3) is 0 Å². The minimum atomic E-state index is -1.80. The normalized spacial score (nSPS) is 25.2. The largest absolute Gasteiger partial charge is 0.408 e. The molecule has 2 heterocycles. The number of hydrogen-bond donors (Lipinski definition) is 0. The molecule has 2 aliphatic heterocycles. The predicted octanol–water partition coefficient (Wildman–Crippen LogP) is 3.29. The maximum Gasteiger partial charge on any atom is 0.229 e. The highest BCUT2D eigenvalue weighted by atomic mass is 28.4. The number of rotatable bonds is 2. The zero-order valence-corrected chi connectivity index (χ0v) is 13.2. The summed E-state index contributed by atoms with van der Waals surface area (Å²) in [6.07, 6.45) is 4.92. The second-order valence-corrected chi connectivity index (χ2v) is 11.6. The molecule has 4 heteroatoms. The van der Waals surface area contributed by atoms with E-state index in [0.29, 0.717) is 6.42 Å². The quantitative estimate of drug-likeness (QED) is 0.719. The Hall–Kier alpha value is -0.613. The van der Waals surface area contributed by atoms with E-state index >= 15 is 0 Å². The maximum absolute atomic E-state index is 12.0. The molecule has 1 atom stereocenters. The predicted molar refractivity (Wildman–Crippen MR) is 75.7 cm³/mol. The van der Waals surface area contributed by atoms with Gasteiger partial charge in [-0.05, 0) is 31.0 Å². The molecule has 18 heavy (non-hydrogen) atoms. The van der Waals surface area contributed by atoms with Gasteiger partial charge in [-0.15, -0.1) is 0 Å². The summed E-state index contributed by atoms with van der Waals surface area (Å²) in [5.41, 5.74) is 1.14. The summed E-state index contributed by atoms with van der Waals surface area (Å²) in [7, 11) is -1.80. The van der Waals surface area contributed by atoms with Crippen molar-refractivity contribution in [2.45, 2.75) is 64.3 Å². The molecule has 0 radical (unpaired) electrons. The smallest absolute Gasteiger partial charge is 0.229 e. The third kappa shape index (κ3) is 2.41. The Morgan fingerprint density at radius 2 is 2.06 bits per heavy atom. The second-order valence-electron chi connectivity index (χ2n) is 6.89. The van der Waals surface area contributed by atoms with Crippen LogP contribution in [-0.2, 0) is 9.22 Å². The van der Waals surface area contributed by atoms with E-state index in [0.717, 1.165) is 25.1 Å². The summed E-state index contributed by atoms with van der Waals surface area (Å²) in [5.74, 6) is 0.240. The van der Waals surface area contributed by atoms with Crippen molar-refractivity contribution in [2.75, 3.05) is 6.54 Å². The fraction of sp³-hybridized carbons (Fsp3) is 0.786. The van der Waals surface area contributed by atoms with Gasteiger partial charge in [0.15, 0.2) is 8.32 Å². The summed E-state index contributed by atoms with van der Waals surface area (Å²) < 4.78 is 6.41. The summed E-state index contributed by atoms with van der Waals surface area (Å²) >= 11 is 0. The molecular weight excluding hydrogens is 242 g/mol. The first-order chi connectivity index (χ1) is 8.22. The Kier molecular flexibility index (Phi) is 3.45. The molecule has 102 valence electrons. The van der Waals surface area contributed by atoms with Gasteiger partial charge in [-0.3, -0.25) is 4.79 Å². The number of carbonyl (C=O) groups is 1. The summed E-state index contributed by atoms with van der Waals surface area (Å²) in [4.78, 5) is 13.9. The molecule has 2 rings (SSSR count). The third-order valence-electron chi connectivity index (χ3n) is 4.49. The van der Waals surface area contributed by atoms with Gasteiger partial charge in [0.1, 0.15) is 0 Å². The van der Waals surface area contributed by atoms with Crippen LogP contribution in [0.5, 0.6) is 0 Å². The van der Waals surface area contributed by atoms with E-state index in [1.807, 2.05) is 4.90 Å². The average molecular weight is 267 g/mol. The Bertz CT molecular complexity index is 382. The molecule has 0 aliphatic carbocycles. The fourth-order valence-corrected chi connectivity index (χ4v) is 3.59. The minimum Gasteiger partial charge on any atom is -0.408 e. The molecule has 0 aromatic rings. The Balaban J connectivity index is 2.16. The highest BCUT2D eigenvalue weighted by Gasteiger charge is 2.44. The van der Waals surface area contributed by atoms with Crippen LogP contribution in [-0.4, -0.2) is 31.8 Å². The van der Waals surface area contributed by atoms with E-state index in [4.69, 9.17) is 4.43 Å². The van der Waals surface area contributed by atoms with E-state index in [1.165, 1.54) is 0 Å². The van der Waals surface area contributed by atoms with Gasteiger partial charge in [0.2, 0.25) is 5.91 Å². The van der Waals surface area contributed by atoms with Gasteiger partial charge in [0.25, 0.3) is 0 Å². The van der Waals surface area contributed by atoms with Gasteiger partial charge in [-0.1, -0.05) is 26.8 Å². The van der Waals surface area contributed by atoms with Crippen molar-refractivity contribution < 1.29 is 9.22 Å². The average Bonchev–Trinajstić information content (AvgIpc) is 2.55. The molecule has 1 amide bonds. The van der Waals surface area contributed by atoms with Gasteiger partial charge in [-0.25, -0.2) is 0 Å². The van der Waals surface area contributed by atoms with Gasteiger partial charge < -0.3 is 9.33 Å². The van der Waals surface area contributed by atoms with E-state index in [1.54, 1.807) is 0 Å². The minimum absolute atomic E-state index is 0.0127. The summed E-state index contributed by atoms with van der Waals surface area (Å²) in [5, 5.41) is 0.193. The molecule has 0 bridgehead atoms. The second kappa shape index (κ2) is 4.49. The van der Waals surface area contributed by atoms with Gasteiger partial charge in [0, 0.05) is 12.2 Å². The molecule has 0 aromatic heterocycles. The number of nitrogens with zero attached hydrogens (tertiary/aromatic N) is 1. The molecule has 0 spiro atoms. The number of fused-ring (bicyclic) bond motifs is 1. The molecular formula is C14H25NO2Si. The highest BCUT2D eigenvalue weighted by molar-refractivity contribution is 6.74. The Morgan fingerprint density at radius 1 is 1.39 bits per heavy atom. The highest BCUT2D eigenvalue weighted by Crippen LogP contribution is 2.40. The number of amides is 1. The van der Waals surface area contributed by atoms with Crippen molar-refractivity contribution in [3.63, 3.8) is 0 Å². The van der Waals surface area contributed by atoms with Crippen LogP contribution in [0.3, 0.4) is 0 Å². The molecule has 1 fully saturated rings. The molecule has 0 unspecified atom stereocenters. The number of hydrogen-bond acceptors (Lipinski definition) is 2. The zero-order valence-electron chi connectivity index (χ0n) is 12.2. The fourth-order valence-electron chi connectivity index (χ4n) is 2.32. The van der Waals surface area contributed by atoms with Crippen LogP contribution in [0.2, 0.25) is 18.1 Å². The molecule has 1 saturated heterocycles. The van der Waals surface area contributed by atoms with Crippen molar-refractivity contribution in [3.05, 3.63) is 11.8 Å². The summed E-state index contributed by atoms with van der Waals surface area (Å²) in [6.45, 7) is 12.1. The lowest BCUT2D eigenvalue weighted by Gasteiger charge is -2.39. The van der Waals surface area contributed by atoms with Crippen LogP contribution in [0.1, 0.15) is 40.0 Å². The van der Waals surface area contributed by atoms with E-state index in [9.17, 15) is 4.79 Å². The third-order valence-corrected chi connectivity index (χ3v) is 8.97. The zero-order chi connectivity index (χ0) is 13.6. The van der Waals surface area contributed by atoms with Crippen molar-refractivity contribution in [1.82, 2.24) is 4.90 Å². The molecule has 0 N–H and O–H groups in total. The molecule has 0 saturated carbocycles. The monoisotopic (exact) mass is 267 g/mol. The van der Waals surface area contributed by atoms with Crippen molar-refractivity contribution in [2.24, 2.45) is 0 Å². The van der Waals surface area contributed by atoms with Crippen LogP contribution in [0, 0.1) is 0 Å². The van der Waals surface area contributed by atoms with Crippen molar-refractivity contribution >= 4 is 14.2 Å². The van der Waals surface area contributed by atoms with E-state index < -0.39 is 8.32 Å². The molecule has 3 nitrogen and oxygen atoms in total. The van der Waals surface area contributed by atoms with Crippen molar-refractivity contribution in [1.29, 1.82) is 0 Å². The Labute approximate surface area is 111 Å². The lowest BCUT2D eigenvalue weighted by Crippen LogP contribution is -2.44. The van der Waals surface area contributed by atoms with Crippen LogP contribution >= 0.6 is 0 Å². The van der Waals surface area contributed by atoms with E-state index in [-0.39, 0.29) is 17.0 Å². The van der Waals surface area contributed by atoms with Crippen LogP contribution in [0.4, 0.5) is 0 Å². The number of carbonyl (C=O) groups excluding carboxylic acids is 1. The lowest BCUT2D eigenvalue weighted by molar-refractivity contribution is -0.127. The van der Waals surface area contributed by atoms with Gasteiger partial charge in [-0.2, -0.15) is 0 Å². The first-order valence-corrected chi connectivity index (χ1v) is 9.81. The first-order valence-electron chi connectivity index (χ1n) is 6.90. The molecule has 2 aliphatic rings. The standard InChI is InChI=1S/C14H25NO2Si/c1-14(2,3)18(4,5)17-12-10-13(16)15-9-7-6-8-11(12)15/h8,12H,6-7,9-10H2,1-5H3/t12-/m0/s1. The van der Waals surface area contributed by atoms with Gasteiger partial charge in [0.05, 0.1) is 12.5 Å². The lowest BCUT2D eigenvalue weighted by atomic mass is 10.1. The maximum atomic E-state index is 12.0.